The lowest BCUT2D eigenvalue weighted by molar-refractivity contribution is -0.124. The van der Waals surface area contributed by atoms with E-state index in [0.717, 1.165) is 16.9 Å². The molecule has 1 amide bonds. The van der Waals surface area contributed by atoms with Gasteiger partial charge in [-0.1, -0.05) is 36.4 Å². The van der Waals surface area contributed by atoms with Crippen molar-refractivity contribution in [3.8, 4) is 0 Å². The van der Waals surface area contributed by atoms with Crippen LogP contribution < -0.4 is 5.32 Å². The predicted octanol–water partition coefficient (Wildman–Crippen LogP) is 1.42. The summed E-state index contributed by atoms with van der Waals surface area (Å²) in [5, 5.41) is 14.1. The zero-order valence-electron chi connectivity index (χ0n) is 13.9. The fourth-order valence-electron chi connectivity index (χ4n) is 2.82. The predicted molar refractivity (Wildman–Crippen MR) is 94.0 cm³/mol. The fraction of sp³-hybridized carbons (Fsp3) is 0.167. The molecule has 0 aliphatic rings. The summed E-state index contributed by atoms with van der Waals surface area (Å²) < 4.78 is 3.40. The smallest absolute Gasteiger partial charge is 0.245 e. The average molecular weight is 347 g/mol. The Balaban J connectivity index is 1.49. The zero-order valence-corrected chi connectivity index (χ0v) is 13.9. The van der Waals surface area contributed by atoms with Gasteiger partial charge in [-0.25, -0.2) is 9.67 Å². The maximum absolute atomic E-state index is 12.8. The highest BCUT2D eigenvalue weighted by atomic mass is 16.2. The summed E-state index contributed by atoms with van der Waals surface area (Å²) in [4.78, 5) is 17.3. The van der Waals surface area contributed by atoms with Gasteiger partial charge in [0, 0.05) is 18.8 Å². The quantitative estimate of drug-likeness (QED) is 0.570. The first kappa shape index (κ1) is 15.9. The molecule has 1 N–H and O–H groups in total. The van der Waals surface area contributed by atoms with Gasteiger partial charge in [0.15, 0.2) is 0 Å². The van der Waals surface area contributed by atoms with Crippen LogP contribution in [0.2, 0.25) is 0 Å². The molecule has 0 aliphatic carbocycles. The van der Waals surface area contributed by atoms with Gasteiger partial charge in [0.1, 0.15) is 18.0 Å². The van der Waals surface area contributed by atoms with E-state index >= 15 is 0 Å². The molecule has 0 saturated heterocycles. The van der Waals surface area contributed by atoms with Crippen LogP contribution in [0, 0.1) is 0 Å². The molecule has 8 nitrogen and oxygen atoms in total. The van der Waals surface area contributed by atoms with Crippen LogP contribution in [0.5, 0.6) is 0 Å². The zero-order chi connectivity index (χ0) is 17.8. The Morgan fingerprint density at radius 3 is 2.73 bits per heavy atom. The summed E-state index contributed by atoms with van der Waals surface area (Å²) in [5.41, 5.74) is 2.67. The van der Waals surface area contributed by atoms with Gasteiger partial charge in [-0.05, 0) is 28.1 Å². The Kier molecular flexibility index (Phi) is 4.38. The normalized spacial score (nSPS) is 12.2. The Hall–Kier alpha value is -3.55. The van der Waals surface area contributed by atoms with Gasteiger partial charge in [0.05, 0.1) is 12.2 Å². The van der Waals surface area contributed by atoms with Gasteiger partial charge in [-0.15, -0.1) is 5.10 Å². The fourth-order valence-corrected chi connectivity index (χ4v) is 2.82. The lowest BCUT2D eigenvalue weighted by Crippen LogP contribution is -2.34. The SMILES string of the molecule is O=C(NCc1cn2ccccc2n1)[C@H](Cc1ccccc1)n1cnnn1. The number of tetrazole rings is 1. The van der Waals surface area contributed by atoms with Crippen molar-refractivity contribution in [2.75, 3.05) is 0 Å². The third kappa shape index (κ3) is 3.44. The summed E-state index contributed by atoms with van der Waals surface area (Å²) in [7, 11) is 0. The van der Waals surface area contributed by atoms with Crippen molar-refractivity contribution in [2.45, 2.75) is 19.0 Å². The Bertz CT molecular complexity index is 962. The number of carbonyl (C=O) groups excluding carboxylic acids is 1. The Labute approximate surface area is 149 Å². The van der Waals surface area contributed by atoms with Crippen molar-refractivity contribution in [2.24, 2.45) is 0 Å². The maximum Gasteiger partial charge on any atom is 0.245 e. The van der Waals surface area contributed by atoms with Crippen molar-refractivity contribution in [3.05, 3.63) is 78.5 Å². The average Bonchev–Trinajstić information content (AvgIpc) is 3.34. The van der Waals surface area contributed by atoms with E-state index in [9.17, 15) is 4.79 Å². The second-order valence-corrected chi connectivity index (χ2v) is 5.91. The molecule has 4 rings (SSSR count). The van der Waals surface area contributed by atoms with E-state index in [0.29, 0.717) is 13.0 Å². The van der Waals surface area contributed by atoms with E-state index in [1.165, 1.54) is 11.0 Å². The van der Waals surface area contributed by atoms with Crippen LogP contribution in [0.25, 0.3) is 5.65 Å². The number of amides is 1. The number of benzene rings is 1. The molecule has 8 heteroatoms. The van der Waals surface area contributed by atoms with Crippen LogP contribution >= 0.6 is 0 Å². The number of aromatic nitrogens is 6. The van der Waals surface area contributed by atoms with Gasteiger partial charge in [-0.2, -0.15) is 0 Å². The minimum absolute atomic E-state index is 0.154. The minimum atomic E-state index is -0.524. The molecule has 0 aliphatic heterocycles. The van der Waals surface area contributed by atoms with E-state index in [-0.39, 0.29) is 5.91 Å². The number of carbonyl (C=O) groups is 1. The number of nitrogens with one attached hydrogen (secondary N) is 1. The molecule has 0 saturated carbocycles. The van der Waals surface area contributed by atoms with E-state index in [1.54, 1.807) is 0 Å². The molecular weight excluding hydrogens is 330 g/mol. The van der Waals surface area contributed by atoms with Crippen LogP contribution in [0.1, 0.15) is 17.3 Å². The van der Waals surface area contributed by atoms with Crippen molar-refractivity contribution in [1.82, 2.24) is 34.9 Å². The number of nitrogens with zero attached hydrogens (tertiary/aromatic N) is 6. The number of imidazole rings is 1. The largest absolute Gasteiger partial charge is 0.349 e. The second-order valence-electron chi connectivity index (χ2n) is 5.91. The molecule has 3 heterocycles. The van der Waals surface area contributed by atoms with Crippen LogP contribution in [0.3, 0.4) is 0 Å². The first-order valence-corrected chi connectivity index (χ1v) is 8.26. The lowest BCUT2D eigenvalue weighted by Gasteiger charge is -2.16. The van der Waals surface area contributed by atoms with Gasteiger partial charge in [0.2, 0.25) is 5.91 Å². The number of hydrogen-bond donors (Lipinski definition) is 1. The van der Waals surface area contributed by atoms with Crippen LogP contribution in [0.15, 0.2) is 67.3 Å². The van der Waals surface area contributed by atoms with Crippen LogP contribution in [-0.2, 0) is 17.8 Å². The highest BCUT2D eigenvalue weighted by Crippen LogP contribution is 2.13. The molecule has 4 aromatic rings. The molecule has 1 aromatic carbocycles. The standard InChI is InChI=1S/C18H17N7O/c26-18(19-11-15-12-24-9-5-4-8-17(24)21-15)16(25-13-20-22-23-25)10-14-6-2-1-3-7-14/h1-9,12-13,16H,10-11H2,(H,19,26)/t16-/m0/s1. The van der Waals surface area contributed by atoms with E-state index in [4.69, 9.17) is 0 Å². The molecule has 0 unspecified atom stereocenters. The molecule has 130 valence electrons. The van der Waals surface area contributed by atoms with Crippen molar-refractivity contribution < 1.29 is 4.79 Å². The van der Waals surface area contributed by atoms with Crippen LogP contribution in [0.4, 0.5) is 0 Å². The molecule has 0 fully saturated rings. The first-order chi connectivity index (χ1) is 12.8. The molecular formula is C18H17N7O. The number of fused-ring (bicyclic) bond motifs is 1. The Morgan fingerprint density at radius 1 is 1.12 bits per heavy atom. The molecule has 26 heavy (non-hydrogen) atoms. The third-order valence-corrected chi connectivity index (χ3v) is 4.12. The summed E-state index contributed by atoms with van der Waals surface area (Å²) in [6.45, 7) is 0.341. The highest BCUT2D eigenvalue weighted by Gasteiger charge is 2.22. The summed E-state index contributed by atoms with van der Waals surface area (Å²) in [6.07, 6.45) is 5.78. The topological polar surface area (TPSA) is 90.0 Å². The molecule has 0 radical (unpaired) electrons. The van der Waals surface area contributed by atoms with E-state index in [2.05, 4.69) is 25.8 Å². The minimum Gasteiger partial charge on any atom is -0.349 e. The molecule has 0 bridgehead atoms. The van der Waals surface area contributed by atoms with Gasteiger partial charge >= 0.3 is 0 Å². The highest BCUT2D eigenvalue weighted by molar-refractivity contribution is 5.80. The summed E-state index contributed by atoms with van der Waals surface area (Å²) in [5.74, 6) is -0.154. The number of pyridine rings is 1. The third-order valence-electron chi connectivity index (χ3n) is 4.12. The second kappa shape index (κ2) is 7.14. The first-order valence-electron chi connectivity index (χ1n) is 8.26. The number of hydrogen-bond acceptors (Lipinski definition) is 5. The van der Waals surface area contributed by atoms with Crippen LogP contribution in [-0.4, -0.2) is 35.5 Å². The molecule has 0 spiro atoms. The van der Waals surface area contributed by atoms with Crippen molar-refractivity contribution >= 4 is 11.6 Å². The van der Waals surface area contributed by atoms with Crippen molar-refractivity contribution in [3.63, 3.8) is 0 Å². The van der Waals surface area contributed by atoms with Gasteiger partial charge in [-0.3, -0.25) is 4.79 Å². The monoisotopic (exact) mass is 347 g/mol. The Morgan fingerprint density at radius 2 is 1.96 bits per heavy atom. The number of rotatable bonds is 6. The maximum atomic E-state index is 12.8. The summed E-state index contributed by atoms with van der Waals surface area (Å²) in [6, 6.07) is 15.1. The molecule has 1 atom stereocenters. The lowest BCUT2D eigenvalue weighted by atomic mass is 10.1. The van der Waals surface area contributed by atoms with Gasteiger partial charge in [0.25, 0.3) is 0 Å². The van der Waals surface area contributed by atoms with E-state index in [1.807, 2.05) is 65.3 Å². The van der Waals surface area contributed by atoms with E-state index < -0.39 is 6.04 Å². The van der Waals surface area contributed by atoms with Gasteiger partial charge < -0.3 is 9.72 Å². The van der Waals surface area contributed by atoms with Crippen molar-refractivity contribution in [1.29, 1.82) is 0 Å². The molecule has 3 aromatic heterocycles. The summed E-state index contributed by atoms with van der Waals surface area (Å²) >= 11 is 0.